The minimum atomic E-state index is -0.532. The Kier molecular flexibility index (Phi) is 3.70. The summed E-state index contributed by atoms with van der Waals surface area (Å²) in [6.45, 7) is 3.10. The smallest absolute Gasteiger partial charge is 0.169 e. The standard InChI is InChI=1S/C11H10ClNO2/c1-7(14)8(2)15-11-4-3-9(6-13)5-10(11)12/h3-5,8H,1-2H3. The van der Waals surface area contributed by atoms with Gasteiger partial charge in [0.15, 0.2) is 11.9 Å². The summed E-state index contributed by atoms with van der Waals surface area (Å²) in [7, 11) is 0. The predicted octanol–water partition coefficient (Wildman–Crippen LogP) is 2.57. The van der Waals surface area contributed by atoms with Gasteiger partial charge in [-0.1, -0.05) is 11.6 Å². The zero-order valence-electron chi connectivity index (χ0n) is 8.45. The Balaban J connectivity index is 2.88. The molecule has 1 unspecified atom stereocenters. The number of hydrogen-bond donors (Lipinski definition) is 0. The molecule has 4 heteroatoms. The van der Waals surface area contributed by atoms with Gasteiger partial charge in [0.1, 0.15) is 5.75 Å². The maximum Gasteiger partial charge on any atom is 0.169 e. The first-order valence-corrected chi connectivity index (χ1v) is 4.79. The average molecular weight is 224 g/mol. The minimum absolute atomic E-state index is 0.0737. The minimum Gasteiger partial charge on any atom is -0.481 e. The van der Waals surface area contributed by atoms with Gasteiger partial charge in [0.25, 0.3) is 0 Å². The monoisotopic (exact) mass is 223 g/mol. The molecule has 0 aliphatic heterocycles. The predicted molar refractivity (Wildman–Crippen MR) is 56.9 cm³/mol. The quantitative estimate of drug-likeness (QED) is 0.791. The van der Waals surface area contributed by atoms with Crippen molar-refractivity contribution >= 4 is 17.4 Å². The van der Waals surface area contributed by atoms with Crippen LogP contribution in [0.15, 0.2) is 18.2 Å². The maximum absolute atomic E-state index is 11.0. The van der Waals surface area contributed by atoms with E-state index in [0.717, 1.165) is 0 Å². The van der Waals surface area contributed by atoms with Gasteiger partial charge < -0.3 is 4.74 Å². The number of Topliss-reactive ketones (excluding diaryl/α,β-unsaturated/α-hetero) is 1. The van der Waals surface area contributed by atoms with Gasteiger partial charge in [0.05, 0.1) is 16.7 Å². The van der Waals surface area contributed by atoms with Gasteiger partial charge in [-0.2, -0.15) is 5.26 Å². The van der Waals surface area contributed by atoms with E-state index >= 15 is 0 Å². The first kappa shape index (κ1) is 11.5. The van der Waals surface area contributed by atoms with E-state index in [0.29, 0.717) is 16.3 Å². The maximum atomic E-state index is 11.0. The summed E-state index contributed by atoms with van der Waals surface area (Å²) in [4.78, 5) is 11.0. The number of halogens is 1. The van der Waals surface area contributed by atoms with Crippen molar-refractivity contribution in [1.82, 2.24) is 0 Å². The van der Waals surface area contributed by atoms with Crippen molar-refractivity contribution in [3.8, 4) is 11.8 Å². The normalized spacial score (nSPS) is 11.6. The molecule has 0 aromatic heterocycles. The summed E-state index contributed by atoms with van der Waals surface area (Å²) in [6.07, 6.45) is -0.532. The molecule has 0 aliphatic rings. The third-order valence-corrected chi connectivity index (χ3v) is 2.23. The van der Waals surface area contributed by atoms with E-state index in [2.05, 4.69) is 0 Å². The highest BCUT2D eigenvalue weighted by molar-refractivity contribution is 6.32. The second-order valence-electron chi connectivity index (χ2n) is 3.13. The number of nitriles is 1. The van der Waals surface area contributed by atoms with Gasteiger partial charge >= 0.3 is 0 Å². The molecule has 78 valence electrons. The lowest BCUT2D eigenvalue weighted by Gasteiger charge is -2.12. The molecule has 0 N–H and O–H groups in total. The third-order valence-electron chi connectivity index (χ3n) is 1.94. The Morgan fingerprint density at radius 2 is 2.27 bits per heavy atom. The van der Waals surface area contributed by atoms with Gasteiger partial charge in [-0.25, -0.2) is 0 Å². The fourth-order valence-electron chi connectivity index (χ4n) is 0.939. The van der Waals surface area contributed by atoms with E-state index in [1.165, 1.54) is 13.0 Å². The van der Waals surface area contributed by atoms with Gasteiger partial charge in [0.2, 0.25) is 0 Å². The van der Waals surface area contributed by atoms with E-state index < -0.39 is 6.10 Å². The number of ether oxygens (including phenoxy) is 1. The summed E-state index contributed by atoms with van der Waals surface area (Å²) >= 11 is 5.87. The molecule has 0 amide bonds. The van der Waals surface area contributed by atoms with Crippen molar-refractivity contribution in [2.75, 3.05) is 0 Å². The molecule has 0 radical (unpaired) electrons. The Labute approximate surface area is 93.2 Å². The van der Waals surface area contributed by atoms with Crippen LogP contribution in [0, 0.1) is 11.3 Å². The fraction of sp³-hybridized carbons (Fsp3) is 0.273. The van der Waals surface area contributed by atoms with Crippen LogP contribution in [0.4, 0.5) is 0 Å². The van der Waals surface area contributed by atoms with E-state index in [9.17, 15) is 4.79 Å². The summed E-state index contributed by atoms with van der Waals surface area (Å²) in [5.41, 5.74) is 0.461. The Morgan fingerprint density at radius 1 is 1.60 bits per heavy atom. The van der Waals surface area contributed by atoms with Crippen LogP contribution >= 0.6 is 11.6 Å². The topological polar surface area (TPSA) is 50.1 Å². The molecule has 1 rings (SSSR count). The number of benzene rings is 1. The molecule has 0 saturated heterocycles. The van der Waals surface area contributed by atoms with Gasteiger partial charge in [0, 0.05) is 0 Å². The van der Waals surface area contributed by atoms with Crippen LogP contribution in [0.2, 0.25) is 5.02 Å². The molecule has 1 atom stereocenters. The fourth-order valence-corrected chi connectivity index (χ4v) is 1.16. The number of carbonyl (C=O) groups is 1. The number of ketones is 1. The van der Waals surface area contributed by atoms with Gasteiger partial charge in [-0.05, 0) is 32.0 Å². The van der Waals surface area contributed by atoms with E-state index in [4.69, 9.17) is 21.6 Å². The van der Waals surface area contributed by atoms with Crippen LogP contribution in [-0.2, 0) is 4.79 Å². The lowest BCUT2D eigenvalue weighted by molar-refractivity contribution is -0.122. The molecular formula is C11H10ClNO2. The average Bonchev–Trinajstić information content (AvgIpc) is 2.20. The molecular weight excluding hydrogens is 214 g/mol. The first-order valence-electron chi connectivity index (χ1n) is 4.41. The van der Waals surface area contributed by atoms with Gasteiger partial charge in [-0.3, -0.25) is 4.79 Å². The van der Waals surface area contributed by atoms with Crippen LogP contribution < -0.4 is 4.74 Å². The van der Waals surface area contributed by atoms with Crippen molar-refractivity contribution in [2.45, 2.75) is 20.0 Å². The molecule has 1 aromatic carbocycles. The zero-order chi connectivity index (χ0) is 11.4. The van der Waals surface area contributed by atoms with Crippen molar-refractivity contribution in [2.24, 2.45) is 0 Å². The molecule has 1 aromatic rings. The van der Waals surface area contributed by atoms with Crippen molar-refractivity contribution < 1.29 is 9.53 Å². The van der Waals surface area contributed by atoms with Crippen molar-refractivity contribution in [3.63, 3.8) is 0 Å². The lowest BCUT2D eigenvalue weighted by Crippen LogP contribution is -2.20. The van der Waals surface area contributed by atoms with E-state index in [-0.39, 0.29) is 5.78 Å². The van der Waals surface area contributed by atoms with E-state index in [1.807, 2.05) is 6.07 Å². The van der Waals surface area contributed by atoms with Crippen LogP contribution in [0.3, 0.4) is 0 Å². The second kappa shape index (κ2) is 4.81. The summed E-state index contributed by atoms with van der Waals surface area (Å²) in [6, 6.07) is 6.64. The van der Waals surface area contributed by atoms with Crippen LogP contribution in [0.25, 0.3) is 0 Å². The number of rotatable bonds is 3. The Morgan fingerprint density at radius 3 is 2.73 bits per heavy atom. The molecule has 0 spiro atoms. The van der Waals surface area contributed by atoms with Crippen molar-refractivity contribution in [1.29, 1.82) is 5.26 Å². The van der Waals surface area contributed by atoms with Crippen LogP contribution in [0.5, 0.6) is 5.75 Å². The third kappa shape index (κ3) is 2.97. The second-order valence-corrected chi connectivity index (χ2v) is 3.53. The zero-order valence-corrected chi connectivity index (χ0v) is 9.21. The summed E-state index contributed by atoms with van der Waals surface area (Å²) in [5.74, 6) is 0.341. The lowest BCUT2D eigenvalue weighted by atomic mass is 10.2. The Hall–Kier alpha value is -1.53. The largest absolute Gasteiger partial charge is 0.481 e. The molecule has 0 saturated carbocycles. The van der Waals surface area contributed by atoms with E-state index in [1.54, 1.807) is 19.1 Å². The summed E-state index contributed by atoms with van der Waals surface area (Å²) < 4.78 is 5.32. The van der Waals surface area contributed by atoms with Crippen LogP contribution in [0.1, 0.15) is 19.4 Å². The van der Waals surface area contributed by atoms with Gasteiger partial charge in [-0.15, -0.1) is 0 Å². The molecule has 0 bridgehead atoms. The number of carbonyl (C=O) groups excluding carboxylic acids is 1. The summed E-state index contributed by atoms with van der Waals surface area (Å²) in [5, 5.41) is 8.95. The number of nitrogens with zero attached hydrogens (tertiary/aromatic N) is 1. The van der Waals surface area contributed by atoms with Crippen LogP contribution in [-0.4, -0.2) is 11.9 Å². The molecule has 0 aliphatic carbocycles. The highest BCUT2D eigenvalue weighted by Gasteiger charge is 2.11. The molecule has 3 nitrogen and oxygen atoms in total. The molecule has 15 heavy (non-hydrogen) atoms. The first-order chi connectivity index (χ1) is 7.04. The molecule has 0 fully saturated rings. The highest BCUT2D eigenvalue weighted by atomic mass is 35.5. The number of hydrogen-bond acceptors (Lipinski definition) is 3. The van der Waals surface area contributed by atoms with Crippen molar-refractivity contribution in [3.05, 3.63) is 28.8 Å². The SMILES string of the molecule is CC(=O)C(C)Oc1ccc(C#N)cc1Cl. The molecule has 0 heterocycles. The highest BCUT2D eigenvalue weighted by Crippen LogP contribution is 2.26. The Bertz CT molecular complexity index is 423.